The second-order valence-electron chi connectivity index (χ2n) is 3.10. The highest BCUT2D eigenvalue weighted by atomic mass is 31.2. The topological polar surface area (TPSA) is 71.1 Å². The van der Waals surface area contributed by atoms with Crippen molar-refractivity contribution in [1.82, 2.24) is 0 Å². The lowest BCUT2D eigenvalue weighted by Gasteiger charge is -2.24. The van der Waals surface area contributed by atoms with Gasteiger partial charge in [-0.3, -0.25) is 4.57 Å². The molecule has 0 fully saturated rings. The maximum Gasteiger partial charge on any atom is 0.370 e. The van der Waals surface area contributed by atoms with Gasteiger partial charge in [0, 0.05) is 0 Å². The van der Waals surface area contributed by atoms with Crippen LogP contribution in [0.4, 0.5) is 0 Å². The SMILES string of the molecule is C=CCO[C@H](C(=O)OCC)P(=O)(OCC)OCC. The minimum absolute atomic E-state index is 0.0492. The van der Waals surface area contributed by atoms with Crippen molar-refractivity contribution >= 4 is 13.6 Å². The Morgan fingerprint density at radius 1 is 1.22 bits per heavy atom. The van der Waals surface area contributed by atoms with Crippen molar-refractivity contribution in [2.75, 3.05) is 26.4 Å². The fourth-order valence-electron chi connectivity index (χ4n) is 1.19. The standard InChI is InChI=1S/C11H21O6P/c1-5-9-15-11(10(12)14-6-2)18(13,16-7-3)17-8-4/h5,11H,1,6-9H2,2-4H3/t11-/m0/s1. The van der Waals surface area contributed by atoms with Gasteiger partial charge in [-0.2, -0.15) is 0 Å². The molecule has 0 unspecified atom stereocenters. The fourth-order valence-corrected chi connectivity index (χ4v) is 2.86. The number of carbonyl (C=O) groups excluding carboxylic acids is 1. The minimum atomic E-state index is -3.69. The quantitative estimate of drug-likeness (QED) is 0.347. The molecule has 18 heavy (non-hydrogen) atoms. The molecule has 0 aliphatic rings. The molecule has 7 heteroatoms. The second-order valence-corrected chi connectivity index (χ2v) is 5.17. The summed E-state index contributed by atoms with van der Waals surface area (Å²) in [6.07, 6.45) is 1.44. The lowest BCUT2D eigenvalue weighted by Crippen LogP contribution is -2.29. The maximum atomic E-state index is 12.4. The zero-order valence-corrected chi connectivity index (χ0v) is 12.0. The Hall–Kier alpha value is -0.680. The maximum absolute atomic E-state index is 12.4. The van der Waals surface area contributed by atoms with Gasteiger partial charge in [-0.1, -0.05) is 6.08 Å². The lowest BCUT2D eigenvalue weighted by atomic mass is 10.6. The molecule has 0 saturated heterocycles. The van der Waals surface area contributed by atoms with Gasteiger partial charge < -0.3 is 18.5 Å². The van der Waals surface area contributed by atoms with E-state index in [1.54, 1.807) is 20.8 Å². The molecule has 0 rings (SSSR count). The molecular formula is C11H21O6P. The molecule has 0 spiro atoms. The van der Waals surface area contributed by atoms with Crippen LogP contribution in [0.15, 0.2) is 12.7 Å². The predicted octanol–water partition coefficient (Wildman–Crippen LogP) is 2.34. The van der Waals surface area contributed by atoms with E-state index in [2.05, 4.69) is 6.58 Å². The third-order valence-corrected chi connectivity index (χ3v) is 3.94. The van der Waals surface area contributed by atoms with Crippen LogP contribution in [0.2, 0.25) is 0 Å². The van der Waals surface area contributed by atoms with E-state index in [0.717, 1.165) is 0 Å². The van der Waals surface area contributed by atoms with Gasteiger partial charge in [0.15, 0.2) is 0 Å². The summed E-state index contributed by atoms with van der Waals surface area (Å²) in [5.41, 5.74) is 0. The van der Waals surface area contributed by atoms with Crippen molar-refractivity contribution in [2.24, 2.45) is 0 Å². The molecule has 1 atom stereocenters. The van der Waals surface area contributed by atoms with E-state index in [0.29, 0.717) is 0 Å². The van der Waals surface area contributed by atoms with Gasteiger partial charge in [-0.05, 0) is 20.8 Å². The molecule has 0 radical (unpaired) electrons. The summed E-state index contributed by atoms with van der Waals surface area (Å²) in [4.78, 5) is 11.7. The summed E-state index contributed by atoms with van der Waals surface area (Å²) in [5, 5.41) is 0. The molecule has 106 valence electrons. The van der Waals surface area contributed by atoms with Crippen LogP contribution in [0.25, 0.3) is 0 Å². The van der Waals surface area contributed by atoms with E-state index in [9.17, 15) is 9.36 Å². The van der Waals surface area contributed by atoms with Gasteiger partial charge in [0.05, 0.1) is 26.4 Å². The number of rotatable bonds is 10. The van der Waals surface area contributed by atoms with Crippen molar-refractivity contribution in [2.45, 2.75) is 26.6 Å². The Balaban J connectivity index is 5.01. The van der Waals surface area contributed by atoms with Crippen molar-refractivity contribution in [3.63, 3.8) is 0 Å². The lowest BCUT2D eigenvalue weighted by molar-refractivity contribution is -0.151. The van der Waals surface area contributed by atoms with Crippen LogP contribution in [0.3, 0.4) is 0 Å². The summed E-state index contributed by atoms with van der Waals surface area (Å²) in [6, 6.07) is 0. The molecule has 0 amide bonds. The molecule has 0 aromatic rings. The van der Waals surface area contributed by atoms with Gasteiger partial charge >= 0.3 is 13.6 Å². The molecular weight excluding hydrogens is 259 g/mol. The van der Waals surface area contributed by atoms with Crippen molar-refractivity contribution in [3.8, 4) is 0 Å². The highest BCUT2D eigenvalue weighted by molar-refractivity contribution is 7.55. The van der Waals surface area contributed by atoms with E-state index in [4.69, 9.17) is 18.5 Å². The minimum Gasteiger partial charge on any atom is -0.464 e. The Bertz CT molecular complexity index is 294. The molecule has 6 nitrogen and oxygen atoms in total. The van der Waals surface area contributed by atoms with Crippen LogP contribution < -0.4 is 0 Å². The Kier molecular flexibility index (Phi) is 8.93. The molecule has 0 aromatic heterocycles. The second kappa shape index (κ2) is 9.28. The predicted molar refractivity (Wildman–Crippen MR) is 67.4 cm³/mol. The van der Waals surface area contributed by atoms with E-state index >= 15 is 0 Å². The molecule has 0 aliphatic carbocycles. The van der Waals surface area contributed by atoms with Gasteiger partial charge in [-0.25, -0.2) is 4.79 Å². The van der Waals surface area contributed by atoms with E-state index in [-0.39, 0.29) is 26.4 Å². The van der Waals surface area contributed by atoms with E-state index in [1.165, 1.54) is 6.08 Å². The first-order valence-corrected chi connectivity index (χ1v) is 7.44. The zero-order valence-electron chi connectivity index (χ0n) is 11.1. The third kappa shape index (κ3) is 5.31. The zero-order chi connectivity index (χ0) is 14.0. The van der Waals surface area contributed by atoms with E-state index in [1.807, 2.05) is 0 Å². The van der Waals surface area contributed by atoms with Crippen LogP contribution in [0.1, 0.15) is 20.8 Å². The fraction of sp³-hybridized carbons (Fsp3) is 0.727. The first-order valence-electron chi connectivity index (χ1n) is 5.83. The normalized spacial score (nSPS) is 13.1. The summed E-state index contributed by atoms with van der Waals surface area (Å²) < 4.78 is 32.6. The van der Waals surface area contributed by atoms with Gasteiger partial charge in [0.1, 0.15) is 0 Å². The molecule has 0 bridgehead atoms. The van der Waals surface area contributed by atoms with E-state index < -0.39 is 19.4 Å². The Morgan fingerprint density at radius 3 is 2.17 bits per heavy atom. The summed E-state index contributed by atoms with van der Waals surface area (Å²) in [6.45, 7) is 8.91. The smallest absolute Gasteiger partial charge is 0.370 e. The van der Waals surface area contributed by atoms with Crippen LogP contribution in [0, 0.1) is 0 Å². The van der Waals surface area contributed by atoms with Gasteiger partial charge in [0.2, 0.25) is 0 Å². The highest BCUT2D eigenvalue weighted by Gasteiger charge is 2.43. The number of hydrogen-bond donors (Lipinski definition) is 0. The van der Waals surface area contributed by atoms with Gasteiger partial charge in [-0.15, -0.1) is 6.58 Å². The van der Waals surface area contributed by atoms with Gasteiger partial charge in [0.25, 0.3) is 5.85 Å². The first kappa shape index (κ1) is 17.3. The number of esters is 1. The largest absolute Gasteiger partial charge is 0.464 e. The van der Waals surface area contributed by atoms with Crippen LogP contribution in [0.5, 0.6) is 0 Å². The average molecular weight is 280 g/mol. The Morgan fingerprint density at radius 2 is 1.78 bits per heavy atom. The summed E-state index contributed by atoms with van der Waals surface area (Å²) >= 11 is 0. The molecule has 0 N–H and O–H groups in total. The molecule has 0 aliphatic heterocycles. The average Bonchev–Trinajstić information content (AvgIpc) is 2.30. The third-order valence-electron chi connectivity index (χ3n) is 1.77. The number of carbonyl (C=O) groups is 1. The monoisotopic (exact) mass is 280 g/mol. The summed E-state index contributed by atoms with van der Waals surface area (Å²) in [7, 11) is -3.69. The van der Waals surface area contributed by atoms with Crippen LogP contribution in [-0.4, -0.2) is 38.2 Å². The van der Waals surface area contributed by atoms with Crippen molar-refractivity contribution < 1.29 is 27.9 Å². The first-order chi connectivity index (χ1) is 8.55. The highest BCUT2D eigenvalue weighted by Crippen LogP contribution is 2.53. The van der Waals surface area contributed by atoms with Crippen LogP contribution in [-0.2, 0) is 27.9 Å². The molecule has 0 aromatic carbocycles. The number of ether oxygens (including phenoxy) is 2. The van der Waals surface area contributed by atoms with Crippen LogP contribution >= 0.6 is 7.60 Å². The number of hydrogen-bond acceptors (Lipinski definition) is 6. The molecule has 0 saturated carbocycles. The van der Waals surface area contributed by atoms with Crippen molar-refractivity contribution in [1.29, 1.82) is 0 Å². The Labute approximate surface area is 108 Å². The summed E-state index contributed by atoms with van der Waals surface area (Å²) in [5.74, 6) is -2.14. The molecule has 0 heterocycles. The van der Waals surface area contributed by atoms with Crippen molar-refractivity contribution in [3.05, 3.63) is 12.7 Å².